The molecule has 12 heteroatoms. The van der Waals surface area contributed by atoms with Crippen LogP contribution in [-0.4, -0.2) is 56.6 Å². The van der Waals surface area contributed by atoms with Crippen LogP contribution in [0.25, 0.3) is 0 Å². The van der Waals surface area contributed by atoms with E-state index in [4.69, 9.17) is 11.6 Å². The van der Waals surface area contributed by atoms with Gasteiger partial charge in [-0.3, -0.25) is 13.9 Å². The van der Waals surface area contributed by atoms with Crippen molar-refractivity contribution in [3.05, 3.63) is 64.7 Å². The quantitative estimate of drug-likeness (QED) is 0.448. The Labute approximate surface area is 226 Å². The number of halogens is 4. The number of nitrogens with zero attached hydrogens (tertiary/aromatic N) is 2. The van der Waals surface area contributed by atoms with Crippen molar-refractivity contribution in [3.8, 4) is 0 Å². The highest BCUT2D eigenvalue weighted by atomic mass is 35.5. The van der Waals surface area contributed by atoms with Crippen molar-refractivity contribution >= 4 is 39.1 Å². The van der Waals surface area contributed by atoms with Crippen molar-refractivity contribution in [2.24, 2.45) is 0 Å². The minimum atomic E-state index is -4.82. The molecule has 1 atom stereocenters. The zero-order valence-corrected chi connectivity index (χ0v) is 22.7. The molecule has 0 bridgehead atoms. The molecule has 38 heavy (non-hydrogen) atoms. The summed E-state index contributed by atoms with van der Waals surface area (Å²) in [7, 11) is -4.18. The molecule has 0 heterocycles. The van der Waals surface area contributed by atoms with Crippen LogP contribution >= 0.6 is 11.6 Å². The van der Waals surface area contributed by atoms with Gasteiger partial charge in [0.2, 0.25) is 21.8 Å². The van der Waals surface area contributed by atoms with Crippen molar-refractivity contribution in [1.29, 1.82) is 0 Å². The Balaban J connectivity index is 1.89. The van der Waals surface area contributed by atoms with E-state index in [0.29, 0.717) is 16.8 Å². The molecule has 2 aromatic carbocycles. The van der Waals surface area contributed by atoms with Crippen molar-refractivity contribution in [2.45, 2.75) is 57.3 Å². The maximum Gasteiger partial charge on any atom is 0.417 e. The molecule has 0 saturated heterocycles. The van der Waals surface area contributed by atoms with Gasteiger partial charge in [0, 0.05) is 12.6 Å². The first-order chi connectivity index (χ1) is 17.8. The van der Waals surface area contributed by atoms with Crippen LogP contribution in [-0.2, 0) is 32.2 Å². The summed E-state index contributed by atoms with van der Waals surface area (Å²) in [5, 5.41) is 2.36. The molecule has 0 aromatic heterocycles. The standard InChI is InChI=1S/C26H31ClF3N3O4S/c1-18(25(35)31-20-10-6-7-11-20)32(15-14-19-8-4-3-5-9-19)24(34)17-33(38(2,36)37)21-12-13-23(27)22(16-21)26(28,29)30/h3-5,8-9,12-13,16,18,20H,6-7,10-11,14-15,17H2,1-2H3,(H,31,35)/t18-/m1/s1. The third kappa shape index (κ3) is 7.86. The largest absolute Gasteiger partial charge is 0.417 e. The van der Waals surface area contributed by atoms with Gasteiger partial charge in [-0.05, 0) is 49.9 Å². The molecule has 3 rings (SSSR count). The van der Waals surface area contributed by atoms with Crippen LogP contribution in [0, 0.1) is 0 Å². The van der Waals surface area contributed by atoms with Crippen LogP contribution in [0.1, 0.15) is 43.7 Å². The van der Waals surface area contributed by atoms with E-state index in [0.717, 1.165) is 49.6 Å². The van der Waals surface area contributed by atoms with Gasteiger partial charge in [0.15, 0.2) is 0 Å². The summed E-state index contributed by atoms with van der Waals surface area (Å²) in [6.45, 7) is 0.879. The maximum absolute atomic E-state index is 13.5. The summed E-state index contributed by atoms with van der Waals surface area (Å²) in [6.07, 6.45) is 0.0561. The van der Waals surface area contributed by atoms with Crippen LogP contribution in [0.5, 0.6) is 0 Å². The van der Waals surface area contributed by atoms with Gasteiger partial charge >= 0.3 is 6.18 Å². The van der Waals surface area contributed by atoms with Gasteiger partial charge < -0.3 is 10.2 Å². The molecule has 7 nitrogen and oxygen atoms in total. The highest BCUT2D eigenvalue weighted by molar-refractivity contribution is 7.92. The number of alkyl halides is 3. The fourth-order valence-electron chi connectivity index (χ4n) is 4.46. The Morgan fingerprint density at radius 2 is 1.74 bits per heavy atom. The van der Waals surface area contributed by atoms with Gasteiger partial charge in [0.25, 0.3) is 0 Å². The Hall–Kier alpha value is -2.79. The predicted molar refractivity (Wildman–Crippen MR) is 140 cm³/mol. The number of anilines is 1. The second kappa shape index (κ2) is 12.4. The molecule has 0 radical (unpaired) electrons. The summed E-state index contributed by atoms with van der Waals surface area (Å²) in [4.78, 5) is 27.8. The highest BCUT2D eigenvalue weighted by Gasteiger charge is 2.35. The second-order valence-corrected chi connectivity index (χ2v) is 11.7. The molecular weight excluding hydrogens is 543 g/mol. The Kier molecular flexibility index (Phi) is 9.69. The Morgan fingerprint density at radius 1 is 1.11 bits per heavy atom. The van der Waals surface area contributed by atoms with Crippen LogP contribution < -0.4 is 9.62 Å². The first-order valence-corrected chi connectivity index (χ1v) is 14.5. The molecule has 0 unspecified atom stereocenters. The van der Waals surface area contributed by atoms with E-state index >= 15 is 0 Å². The number of rotatable bonds is 10. The summed E-state index contributed by atoms with van der Waals surface area (Å²) >= 11 is 5.69. The number of nitrogens with one attached hydrogen (secondary N) is 1. The lowest BCUT2D eigenvalue weighted by Gasteiger charge is -2.32. The Morgan fingerprint density at radius 3 is 2.32 bits per heavy atom. The van der Waals surface area contributed by atoms with Gasteiger partial charge in [-0.15, -0.1) is 0 Å². The molecule has 2 aromatic rings. The van der Waals surface area contributed by atoms with Crippen molar-refractivity contribution in [2.75, 3.05) is 23.7 Å². The van der Waals surface area contributed by atoms with E-state index in [-0.39, 0.29) is 24.2 Å². The van der Waals surface area contributed by atoms with E-state index in [2.05, 4.69) is 5.32 Å². The van der Waals surface area contributed by atoms with Crippen molar-refractivity contribution in [1.82, 2.24) is 10.2 Å². The van der Waals surface area contributed by atoms with Gasteiger partial charge in [0.05, 0.1) is 22.5 Å². The molecule has 1 aliphatic carbocycles. The number of hydrogen-bond acceptors (Lipinski definition) is 4. The number of carbonyl (C=O) groups is 2. The second-order valence-electron chi connectivity index (χ2n) is 9.42. The molecule has 0 aliphatic heterocycles. The fraction of sp³-hybridized carbons (Fsp3) is 0.462. The van der Waals surface area contributed by atoms with Gasteiger partial charge in [-0.1, -0.05) is 54.8 Å². The van der Waals surface area contributed by atoms with E-state index in [1.54, 1.807) is 6.92 Å². The minimum Gasteiger partial charge on any atom is -0.352 e. The van der Waals surface area contributed by atoms with Crippen LogP contribution in [0.3, 0.4) is 0 Å². The first kappa shape index (κ1) is 29.8. The fourth-order valence-corrected chi connectivity index (χ4v) is 5.53. The average molecular weight is 574 g/mol. The maximum atomic E-state index is 13.5. The van der Waals surface area contributed by atoms with Crippen LogP contribution in [0.2, 0.25) is 5.02 Å². The molecule has 1 N–H and O–H groups in total. The lowest BCUT2D eigenvalue weighted by molar-refractivity contribution is -0.139. The number of sulfonamides is 1. The summed E-state index contributed by atoms with van der Waals surface area (Å²) in [5.41, 5.74) is -0.673. The molecule has 1 fully saturated rings. The van der Waals surface area contributed by atoms with Gasteiger partial charge in [-0.2, -0.15) is 13.2 Å². The molecular formula is C26H31ClF3N3O4S. The summed E-state index contributed by atoms with van der Waals surface area (Å²) < 4.78 is 66.1. The first-order valence-electron chi connectivity index (χ1n) is 12.3. The Bertz CT molecular complexity index is 1240. The third-order valence-electron chi connectivity index (χ3n) is 6.58. The highest BCUT2D eigenvalue weighted by Crippen LogP contribution is 2.37. The van der Waals surface area contributed by atoms with Gasteiger partial charge in [0.1, 0.15) is 12.6 Å². The molecule has 1 saturated carbocycles. The molecule has 2 amide bonds. The normalized spacial score (nSPS) is 15.2. The summed E-state index contributed by atoms with van der Waals surface area (Å²) in [5.74, 6) is -1.08. The van der Waals surface area contributed by atoms with Gasteiger partial charge in [-0.25, -0.2) is 8.42 Å². The lowest BCUT2D eigenvalue weighted by Crippen LogP contribution is -2.53. The number of amides is 2. The minimum absolute atomic E-state index is 0.0124. The average Bonchev–Trinajstić information content (AvgIpc) is 3.35. The number of carbonyl (C=O) groups excluding carboxylic acids is 2. The number of hydrogen-bond donors (Lipinski definition) is 1. The number of benzene rings is 2. The summed E-state index contributed by atoms with van der Waals surface area (Å²) in [6, 6.07) is 11.0. The predicted octanol–water partition coefficient (Wildman–Crippen LogP) is 4.64. The monoisotopic (exact) mass is 573 g/mol. The lowest BCUT2D eigenvalue weighted by atomic mass is 10.1. The van der Waals surface area contributed by atoms with E-state index in [1.807, 2.05) is 30.3 Å². The molecule has 208 valence electrons. The SMILES string of the molecule is C[C@H](C(=O)NC1CCCC1)N(CCc1ccccc1)C(=O)CN(c1ccc(Cl)c(C(F)(F)F)c1)S(C)(=O)=O. The van der Waals surface area contributed by atoms with Crippen molar-refractivity contribution in [3.63, 3.8) is 0 Å². The smallest absolute Gasteiger partial charge is 0.352 e. The van der Waals surface area contributed by atoms with Crippen LogP contribution in [0.4, 0.5) is 18.9 Å². The van der Waals surface area contributed by atoms with E-state index in [9.17, 15) is 31.2 Å². The third-order valence-corrected chi connectivity index (χ3v) is 8.05. The van der Waals surface area contributed by atoms with Crippen molar-refractivity contribution < 1.29 is 31.2 Å². The molecule has 0 spiro atoms. The zero-order chi connectivity index (χ0) is 28.1. The molecule has 1 aliphatic rings. The topological polar surface area (TPSA) is 86.8 Å². The van der Waals surface area contributed by atoms with E-state index < -0.39 is 45.3 Å². The van der Waals surface area contributed by atoms with Crippen LogP contribution in [0.15, 0.2) is 48.5 Å². The zero-order valence-electron chi connectivity index (χ0n) is 21.2. The van der Waals surface area contributed by atoms with E-state index in [1.165, 1.54) is 4.90 Å².